The molecule has 3 rings (SSSR count). The Labute approximate surface area is 207 Å². The predicted molar refractivity (Wildman–Crippen MR) is 132 cm³/mol. The predicted octanol–water partition coefficient (Wildman–Crippen LogP) is 7.15. The fourth-order valence-corrected chi connectivity index (χ4v) is 3.65. The molecule has 0 N–H and O–H groups in total. The number of carbonyl (C=O) groups excluding carboxylic acids is 1. The fourth-order valence-electron chi connectivity index (χ4n) is 3.05. The van der Waals surface area contributed by atoms with E-state index in [0.29, 0.717) is 43.6 Å². The summed E-state index contributed by atoms with van der Waals surface area (Å²) in [5, 5.41) is 1.03. The first-order valence-corrected chi connectivity index (χ1v) is 10.9. The normalized spacial score (nSPS) is 10.8. The highest BCUT2D eigenvalue weighted by Gasteiger charge is 2.12. The van der Waals surface area contributed by atoms with Crippen LogP contribution in [0.3, 0.4) is 0 Å². The number of ketones is 1. The van der Waals surface area contributed by atoms with Gasteiger partial charge >= 0.3 is 0 Å². The highest BCUT2D eigenvalue weighted by atomic mass is 35.5. The quantitative estimate of drug-likeness (QED) is 0.175. The molecule has 0 aliphatic heterocycles. The average molecular weight is 508 g/mol. The van der Waals surface area contributed by atoms with E-state index in [1.165, 1.54) is 26.4 Å². The van der Waals surface area contributed by atoms with Crippen LogP contribution in [0.4, 0.5) is 0 Å². The largest absolute Gasteiger partial charge is 0.497 e. The third-order valence-corrected chi connectivity index (χ3v) is 5.78. The summed E-state index contributed by atoms with van der Waals surface area (Å²) in [5.41, 5.74) is 1.94. The molecule has 0 saturated carbocycles. The molecule has 0 heterocycles. The van der Waals surface area contributed by atoms with E-state index < -0.39 is 0 Å². The van der Waals surface area contributed by atoms with Crippen LogP contribution in [0.15, 0.2) is 54.6 Å². The van der Waals surface area contributed by atoms with Crippen molar-refractivity contribution in [1.82, 2.24) is 0 Å². The first-order valence-electron chi connectivity index (χ1n) is 9.75. The molecule has 0 aliphatic rings. The molecule has 0 unspecified atom stereocenters. The molecule has 172 valence electrons. The van der Waals surface area contributed by atoms with E-state index in [-0.39, 0.29) is 12.4 Å². The van der Waals surface area contributed by atoms with Gasteiger partial charge in [-0.1, -0.05) is 46.9 Å². The van der Waals surface area contributed by atoms with E-state index in [4.69, 9.17) is 53.8 Å². The van der Waals surface area contributed by atoms with Crippen LogP contribution in [0.25, 0.3) is 6.08 Å². The van der Waals surface area contributed by atoms with Crippen LogP contribution in [0, 0.1) is 0 Å². The zero-order chi connectivity index (χ0) is 24.0. The van der Waals surface area contributed by atoms with Crippen molar-refractivity contribution in [2.75, 3.05) is 21.3 Å². The van der Waals surface area contributed by atoms with Gasteiger partial charge in [0.2, 0.25) is 0 Å². The minimum Gasteiger partial charge on any atom is -0.497 e. The molecule has 3 aromatic carbocycles. The highest BCUT2D eigenvalue weighted by molar-refractivity contribution is 6.43. The smallest absolute Gasteiger partial charge is 0.189 e. The lowest BCUT2D eigenvalue weighted by Crippen LogP contribution is -2.01. The molecular formula is C25H21Cl3O5. The molecule has 0 fully saturated rings. The number of hydrogen-bond donors (Lipinski definition) is 0. The monoisotopic (exact) mass is 506 g/mol. The third-order valence-electron chi connectivity index (χ3n) is 4.76. The van der Waals surface area contributed by atoms with Gasteiger partial charge in [0.1, 0.15) is 29.6 Å². The molecule has 8 heteroatoms. The van der Waals surface area contributed by atoms with Crippen molar-refractivity contribution in [3.8, 4) is 23.0 Å². The lowest BCUT2D eigenvalue weighted by atomic mass is 10.1. The second-order valence-electron chi connectivity index (χ2n) is 6.82. The molecule has 0 radical (unpaired) electrons. The van der Waals surface area contributed by atoms with Crippen LogP contribution in [0.2, 0.25) is 15.1 Å². The second kappa shape index (κ2) is 11.3. The Bertz CT molecular complexity index is 1190. The number of carbonyl (C=O) groups is 1. The van der Waals surface area contributed by atoms with Crippen LogP contribution in [-0.2, 0) is 6.61 Å². The van der Waals surface area contributed by atoms with Crippen LogP contribution in [-0.4, -0.2) is 27.1 Å². The average Bonchev–Trinajstić information content (AvgIpc) is 2.83. The summed E-state index contributed by atoms with van der Waals surface area (Å²) in [7, 11) is 4.62. The standard InChI is InChI=1S/C25H21Cl3O5/c1-30-17-6-9-24(32-3)18(11-17)22(29)7-4-15-5-8-23(31-2)16(10-15)14-33-25-13-20(27)19(26)12-21(25)28/h4-13H,14H2,1-3H3/b7-4+. The van der Waals surface area contributed by atoms with Gasteiger partial charge < -0.3 is 18.9 Å². The van der Waals surface area contributed by atoms with Crippen molar-refractivity contribution < 1.29 is 23.7 Å². The number of hydrogen-bond acceptors (Lipinski definition) is 5. The summed E-state index contributed by atoms with van der Waals surface area (Å²) in [6.07, 6.45) is 3.18. The zero-order valence-electron chi connectivity index (χ0n) is 18.2. The molecular weight excluding hydrogens is 487 g/mol. The highest BCUT2D eigenvalue weighted by Crippen LogP contribution is 2.35. The maximum Gasteiger partial charge on any atom is 0.189 e. The molecule has 0 atom stereocenters. The van der Waals surface area contributed by atoms with Crippen molar-refractivity contribution in [3.63, 3.8) is 0 Å². The maximum absolute atomic E-state index is 12.8. The van der Waals surface area contributed by atoms with E-state index in [1.54, 1.807) is 43.5 Å². The number of allylic oxidation sites excluding steroid dienone is 1. The third kappa shape index (κ3) is 6.14. The van der Waals surface area contributed by atoms with Crippen LogP contribution in [0.5, 0.6) is 23.0 Å². The Morgan fingerprint density at radius 3 is 2.18 bits per heavy atom. The number of rotatable bonds is 9. The van der Waals surface area contributed by atoms with Crippen molar-refractivity contribution in [2.24, 2.45) is 0 Å². The van der Waals surface area contributed by atoms with Gasteiger partial charge in [-0.25, -0.2) is 0 Å². The molecule has 0 aliphatic carbocycles. The SMILES string of the molecule is COc1ccc(OC)c(C(=O)/C=C/c2ccc(OC)c(COc3cc(Cl)c(Cl)cc3Cl)c2)c1. The Hall–Kier alpha value is -2.86. The van der Waals surface area contributed by atoms with Gasteiger partial charge in [-0.2, -0.15) is 0 Å². The van der Waals surface area contributed by atoms with E-state index in [2.05, 4.69) is 0 Å². The number of methoxy groups -OCH3 is 3. The lowest BCUT2D eigenvalue weighted by molar-refractivity contribution is 0.104. The molecule has 0 aromatic heterocycles. The van der Waals surface area contributed by atoms with Gasteiger partial charge in [0.15, 0.2) is 5.78 Å². The number of halogens is 3. The van der Waals surface area contributed by atoms with Crippen molar-refractivity contribution in [1.29, 1.82) is 0 Å². The summed E-state index contributed by atoms with van der Waals surface area (Å²) in [5.74, 6) is 1.84. The van der Waals surface area contributed by atoms with E-state index in [1.807, 2.05) is 12.1 Å². The van der Waals surface area contributed by atoms with Gasteiger partial charge in [-0.05, 0) is 48.0 Å². The van der Waals surface area contributed by atoms with Crippen molar-refractivity contribution >= 4 is 46.7 Å². The van der Waals surface area contributed by atoms with Gasteiger partial charge in [0, 0.05) is 11.6 Å². The zero-order valence-corrected chi connectivity index (χ0v) is 20.4. The molecule has 0 amide bonds. The molecule has 33 heavy (non-hydrogen) atoms. The van der Waals surface area contributed by atoms with E-state index >= 15 is 0 Å². The molecule has 0 bridgehead atoms. The van der Waals surface area contributed by atoms with Gasteiger partial charge in [-0.15, -0.1) is 0 Å². The fraction of sp³-hybridized carbons (Fsp3) is 0.160. The summed E-state index contributed by atoms with van der Waals surface area (Å²) in [6, 6.07) is 13.6. The first kappa shape index (κ1) is 24.8. The minimum absolute atomic E-state index is 0.167. The molecule has 5 nitrogen and oxygen atoms in total. The van der Waals surface area contributed by atoms with Crippen LogP contribution >= 0.6 is 34.8 Å². The number of benzene rings is 3. The van der Waals surface area contributed by atoms with Crippen molar-refractivity contribution in [2.45, 2.75) is 6.61 Å². The topological polar surface area (TPSA) is 54.0 Å². The molecule has 0 spiro atoms. The van der Waals surface area contributed by atoms with Gasteiger partial charge in [0.25, 0.3) is 0 Å². The van der Waals surface area contributed by atoms with Crippen molar-refractivity contribution in [3.05, 3.63) is 86.4 Å². The molecule has 3 aromatic rings. The minimum atomic E-state index is -0.220. The van der Waals surface area contributed by atoms with E-state index in [0.717, 1.165) is 11.1 Å². The lowest BCUT2D eigenvalue weighted by Gasteiger charge is -2.13. The van der Waals surface area contributed by atoms with Crippen LogP contribution in [0.1, 0.15) is 21.5 Å². The summed E-state index contributed by atoms with van der Waals surface area (Å²) in [6.45, 7) is 0.167. The second-order valence-corrected chi connectivity index (χ2v) is 8.04. The van der Waals surface area contributed by atoms with Gasteiger partial charge in [-0.3, -0.25) is 4.79 Å². The van der Waals surface area contributed by atoms with Crippen LogP contribution < -0.4 is 18.9 Å². The Balaban J connectivity index is 1.81. The number of ether oxygens (including phenoxy) is 4. The summed E-state index contributed by atoms with van der Waals surface area (Å²) < 4.78 is 21.8. The molecule has 0 saturated heterocycles. The Kier molecular flexibility index (Phi) is 8.50. The Morgan fingerprint density at radius 2 is 1.48 bits per heavy atom. The van der Waals surface area contributed by atoms with Gasteiger partial charge in [0.05, 0.1) is 42.0 Å². The maximum atomic E-state index is 12.8. The first-order chi connectivity index (χ1) is 15.9. The Morgan fingerprint density at radius 1 is 0.788 bits per heavy atom. The summed E-state index contributed by atoms with van der Waals surface area (Å²) in [4.78, 5) is 12.8. The van der Waals surface area contributed by atoms with E-state index in [9.17, 15) is 4.79 Å². The summed E-state index contributed by atoms with van der Waals surface area (Å²) >= 11 is 18.2.